The molecular weight excluding hydrogens is 286 g/mol. The van der Waals surface area contributed by atoms with Gasteiger partial charge in [0.25, 0.3) is 0 Å². The zero-order valence-electron chi connectivity index (χ0n) is 13.0. The van der Waals surface area contributed by atoms with Gasteiger partial charge in [0.05, 0.1) is 11.0 Å². The van der Waals surface area contributed by atoms with E-state index in [1.54, 1.807) is 12.1 Å². The van der Waals surface area contributed by atoms with E-state index < -0.39 is 10.0 Å². The Kier molecular flexibility index (Phi) is 5.41. The molecular formula is C16H25NO3S. The first-order chi connectivity index (χ1) is 9.88. The lowest BCUT2D eigenvalue weighted by Gasteiger charge is -2.20. The minimum absolute atomic E-state index is 0.0139. The van der Waals surface area contributed by atoms with Gasteiger partial charge in [0.2, 0.25) is 10.0 Å². The van der Waals surface area contributed by atoms with Crippen molar-refractivity contribution < 1.29 is 13.2 Å². The van der Waals surface area contributed by atoms with Crippen LogP contribution >= 0.6 is 0 Å². The molecule has 0 spiro atoms. The van der Waals surface area contributed by atoms with Crippen LogP contribution in [0, 0.1) is 5.92 Å². The molecule has 0 aromatic heterocycles. The molecule has 0 amide bonds. The SMILES string of the molecule is CC(C)Cc1ccc(S(=O)(=O)NC(C)C2CCCO2)cc1. The van der Waals surface area contributed by atoms with Crippen LogP contribution in [0.2, 0.25) is 0 Å². The van der Waals surface area contributed by atoms with Crippen LogP contribution in [0.3, 0.4) is 0 Å². The summed E-state index contributed by atoms with van der Waals surface area (Å²) in [5, 5.41) is 0. The molecule has 1 aliphatic rings. The minimum atomic E-state index is -3.47. The summed E-state index contributed by atoms with van der Waals surface area (Å²) in [6.45, 7) is 6.88. The summed E-state index contributed by atoms with van der Waals surface area (Å²) in [6.07, 6.45) is 2.86. The first-order valence-electron chi connectivity index (χ1n) is 7.61. The number of hydrogen-bond donors (Lipinski definition) is 1. The minimum Gasteiger partial charge on any atom is -0.377 e. The van der Waals surface area contributed by atoms with E-state index in [9.17, 15) is 8.42 Å². The van der Waals surface area contributed by atoms with Gasteiger partial charge < -0.3 is 4.74 Å². The standard InChI is InChI=1S/C16H25NO3S/c1-12(2)11-14-6-8-15(9-7-14)21(18,19)17-13(3)16-5-4-10-20-16/h6-9,12-13,16-17H,4-5,10-11H2,1-3H3. The van der Waals surface area contributed by atoms with Crippen LogP contribution in [-0.2, 0) is 21.2 Å². The van der Waals surface area contributed by atoms with Gasteiger partial charge in [0, 0.05) is 12.6 Å². The molecule has 1 aromatic rings. The van der Waals surface area contributed by atoms with Crippen molar-refractivity contribution in [1.29, 1.82) is 0 Å². The number of rotatable bonds is 6. The van der Waals surface area contributed by atoms with Crippen molar-refractivity contribution in [3.8, 4) is 0 Å². The summed E-state index contributed by atoms with van der Waals surface area (Å²) in [4.78, 5) is 0.319. The normalized spacial score (nSPS) is 20.9. The summed E-state index contributed by atoms with van der Waals surface area (Å²) in [6, 6.07) is 6.95. The molecule has 1 N–H and O–H groups in total. The molecule has 118 valence electrons. The fourth-order valence-electron chi connectivity index (χ4n) is 2.66. The van der Waals surface area contributed by atoms with E-state index in [-0.39, 0.29) is 12.1 Å². The zero-order chi connectivity index (χ0) is 15.5. The molecule has 2 atom stereocenters. The topological polar surface area (TPSA) is 55.4 Å². The first-order valence-corrected chi connectivity index (χ1v) is 9.09. The Hall–Kier alpha value is -0.910. The zero-order valence-corrected chi connectivity index (χ0v) is 13.8. The molecule has 1 aliphatic heterocycles. The predicted molar refractivity (Wildman–Crippen MR) is 83.7 cm³/mol. The van der Waals surface area contributed by atoms with E-state index >= 15 is 0 Å². The van der Waals surface area contributed by atoms with Gasteiger partial charge in [-0.3, -0.25) is 0 Å². The fourth-order valence-corrected chi connectivity index (χ4v) is 3.93. The number of sulfonamides is 1. The fraction of sp³-hybridized carbons (Fsp3) is 0.625. The van der Waals surface area contributed by atoms with Crippen molar-refractivity contribution >= 4 is 10.0 Å². The third kappa shape index (κ3) is 4.53. The smallest absolute Gasteiger partial charge is 0.240 e. The lowest BCUT2D eigenvalue weighted by Crippen LogP contribution is -2.40. The predicted octanol–water partition coefficient (Wildman–Crippen LogP) is 2.73. The first kappa shape index (κ1) is 16.5. The summed E-state index contributed by atoms with van der Waals surface area (Å²) < 4.78 is 33.0. The Morgan fingerprint density at radius 1 is 1.24 bits per heavy atom. The highest BCUT2D eigenvalue weighted by Gasteiger charge is 2.26. The maximum Gasteiger partial charge on any atom is 0.240 e. The molecule has 4 nitrogen and oxygen atoms in total. The van der Waals surface area contributed by atoms with Gasteiger partial charge in [-0.05, 0) is 49.8 Å². The largest absolute Gasteiger partial charge is 0.377 e. The van der Waals surface area contributed by atoms with Crippen LogP contribution in [-0.4, -0.2) is 27.2 Å². The summed E-state index contributed by atoms with van der Waals surface area (Å²) in [5.74, 6) is 0.560. The van der Waals surface area contributed by atoms with Crippen LogP contribution in [0.15, 0.2) is 29.2 Å². The molecule has 1 saturated heterocycles. The average molecular weight is 311 g/mol. The molecule has 21 heavy (non-hydrogen) atoms. The van der Waals surface area contributed by atoms with E-state index in [0.717, 1.165) is 31.4 Å². The van der Waals surface area contributed by atoms with Gasteiger partial charge in [-0.25, -0.2) is 13.1 Å². The molecule has 0 aliphatic carbocycles. The van der Waals surface area contributed by atoms with Crippen LogP contribution in [0.1, 0.15) is 39.2 Å². The Labute approximate surface area is 127 Å². The molecule has 1 aromatic carbocycles. The molecule has 0 radical (unpaired) electrons. The number of hydrogen-bond acceptors (Lipinski definition) is 3. The summed E-state index contributed by atoms with van der Waals surface area (Å²) in [5.41, 5.74) is 1.16. The van der Waals surface area contributed by atoms with Crippen molar-refractivity contribution in [3.63, 3.8) is 0 Å². The highest BCUT2D eigenvalue weighted by atomic mass is 32.2. The number of benzene rings is 1. The van der Waals surface area contributed by atoms with Crippen molar-refractivity contribution in [2.24, 2.45) is 5.92 Å². The molecule has 1 fully saturated rings. The number of ether oxygens (including phenoxy) is 1. The quantitative estimate of drug-likeness (QED) is 0.879. The average Bonchev–Trinajstić information content (AvgIpc) is 2.92. The Morgan fingerprint density at radius 3 is 2.43 bits per heavy atom. The molecule has 0 saturated carbocycles. The summed E-state index contributed by atoms with van der Waals surface area (Å²) in [7, 11) is -3.47. The van der Waals surface area contributed by atoms with Crippen molar-refractivity contribution in [2.75, 3.05) is 6.61 Å². The second-order valence-electron chi connectivity index (χ2n) is 6.20. The maximum absolute atomic E-state index is 12.4. The second-order valence-corrected chi connectivity index (χ2v) is 7.92. The molecule has 0 bridgehead atoms. The Balaban J connectivity index is 2.04. The van der Waals surface area contributed by atoms with Gasteiger partial charge in [-0.1, -0.05) is 26.0 Å². The van der Waals surface area contributed by atoms with E-state index in [2.05, 4.69) is 18.6 Å². The highest BCUT2D eigenvalue weighted by Crippen LogP contribution is 2.18. The van der Waals surface area contributed by atoms with Gasteiger partial charge >= 0.3 is 0 Å². The van der Waals surface area contributed by atoms with E-state index in [4.69, 9.17) is 4.74 Å². The lowest BCUT2D eigenvalue weighted by molar-refractivity contribution is 0.0902. The monoisotopic (exact) mass is 311 g/mol. The van der Waals surface area contributed by atoms with Crippen molar-refractivity contribution in [2.45, 2.75) is 57.1 Å². The van der Waals surface area contributed by atoms with Crippen molar-refractivity contribution in [1.82, 2.24) is 4.72 Å². The lowest BCUT2D eigenvalue weighted by atomic mass is 10.0. The van der Waals surface area contributed by atoms with Crippen LogP contribution in [0.25, 0.3) is 0 Å². The van der Waals surface area contributed by atoms with Crippen LogP contribution in [0.4, 0.5) is 0 Å². The molecule has 5 heteroatoms. The van der Waals surface area contributed by atoms with E-state index in [1.165, 1.54) is 0 Å². The Bertz CT molecular complexity index is 545. The van der Waals surface area contributed by atoms with Gasteiger partial charge in [0.15, 0.2) is 0 Å². The van der Waals surface area contributed by atoms with E-state index in [0.29, 0.717) is 10.8 Å². The molecule has 2 rings (SSSR count). The Morgan fingerprint density at radius 2 is 1.90 bits per heavy atom. The molecule has 1 heterocycles. The summed E-state index contributed by atoms with van der Waals surface area (Å²) >= 11 is 0. The van der Waals surface area contributed by atoms with Gasteiger partial charge in [-0.2, -0.15) is 0 Å². The van der Waals surface area contributed by atoms with Crippen LogP contribution < -0.4 is 4.72 Å². The second kappa shape index (κ2) is 6.90. The third-order valence-corrected chi connectivity index (χ3v) is 5.32. The van der Waals surface area contributed by atoms with Gasteiger partial charge in [0.1, 0.15) is 0 Å². The highest BCUT2D eigenvalue weighted by molar-refractivity contribution is 7.89. The van der Waals surface area contributed by atoms with Crippen molar-refractivity contribution in [3.05, 3.63) is 29.8 Å². The third-order valence-electron chi connectivity index (χ3n) is 3.74. The van der Waals surface area contributed by atoms with E-state index in [1.807, 2.05) is 19.1 Å². The number of nitrogens with one attached hydrogen (secondary N) is 1. The molecule has 2 unspecified atom stereocenters. The van der Waals surface area contributed by atoms with Crippen LogP contribution in [0.5, 0.6) is 0 Å². The maximum atomic E-state index is 12.4. The van der Waals surface area contributed by atoms with Gasteiger partial charge in [-0.15, -0.1) is 0 Å².